The predicted molar refractivity (Wildman–Crippen MR) is 72.7 cm³/mol. The van der Waals surface area contributed by atoms with Gasteiger partial charge in [0.25, 0.3) is 0 Å². The Kier molecular flexibility index (Phi) is 3.08. The number of para-hydroxylation sites is 1. The average Bonchev–Trinajstić information content (AvgIpc) is 2.93. The minimum absolute atomic E-state index is 0.0629. The van der Waals surface area contributed by atoms with Crippen LogP contribution in [0.3, 0.4) is 0 Å². The highest BCUT2D eigenvalue weighted by atomic mass is 16.3. The number of hydrogen-bond donors (Lipinski definition) is 1. The molecule has 0 bridgehead atoms. The van der Waals surface area contributed by atoms with E-state index >= 15 is 0 Å². The standard InChI is InChI=1S/C15H13N3O/c19-11-15-14(12-6-8-16-9-7-12)10-17-18(15)13-4-2-1-3-5-13/h1-10,19H,11H2. The summed E-state index contributed by atoms with van der Waals surface area (Å²) in [4.78, 5) is 4.00. The van der Waals surface area contributed by atoms with Gasteiger partial charge in [-0.2, -0.15) is 5.10 Å². The Bertz CT molecular complexity index is 605. The fraction of sp³-hybridized carbons (Fsp3) is 0.0667. The molecule has 4 nitrogen and oxygen atoms in total. The molecule has 0 radical (unpaired) electrons. The van der Waals surface area contributed by atoms with Crippen LogP contribution in [0.25, 0.3) is 16.8 Å². The van der Waals surface area contributed by atoms with E-state index in [1.54, 1.807) is 23.3 Å². The first-order valence-electron chi connectivity index (χ1n) is 6.03. The van der Waals surface area contributed by atoms with E-state index in [4.69, 9.17) is 0 Å². The molecule has 3 rings (SSSR count). The molecule has 0 aliphatic rings. The fourth-order valence-corrected chi connectivity index (χ4v) is 2.09. The molecule has 2 heterocycles. The molecule has 0 amide bonds. The Labute approximate surface area is 111 Å². The number of pyridine rings is 1. The number of rotatable bonds is 3. The monoisotopic (exact) mass is 251 g/mol. The Hall–Kier alpha value is -2.46. The van der Waals surface area contributed by atoms with Gasteiger partial charge >= 0.3 is 0 Å². The second-order valence-corrected chi connectivity index (χ2v) is 4.15. The van der Waals surface area contributed by atoms with Crippen LogP contribution in [-0.4, -0.2) is 19.9 Å². The van der Waals surface area contributed by atoms with Crippen molar-refractivity contribution in [1.29, 1.82) is 0 Å². The molecular weight excluding hydrogens is 238 g/mol. The van der Waals surface area contributed by atoms with Crippen LogP contribution >= 0.6 is 0 Å². The van der Waals surface area contributed by atoms with Gasteiger partial charge in [-0.15, -0.1) is 0 Å². The molecule has 1 aromatic carbocycles. The van der Waals surface area contributed by atoms with Crippen molar-refractivity contribution in [2.45, 2.75) is 6.61 Å². The average molecular weight is 251 g/mol. The van der Waals surface area contributed by atoms with Crippen molar-refractivity contribution in [3.63, 3.8) is 0 Å². The third-order valence-electron chi connectivity index (χ3n) is 3.01. The number of benzene rings is 1. The SMILES string of the molecule is OCc1c(-c2ccncc2)cnn1-c1ccccc1. The van der Waals surface area contributed by atoms with Gasteiger partial charge in [0.2, 0.25) is 0 Å². The van der Waals surface area contributed by atoms with Crippen LogP contribution in [0.2, 0.25) is 0 Å². The Balaban J connectivity index is 2.13. The molecule has 0 aliphatic heterocycles. The van der Waals surface area contributed by atoms with E-state index in [-0.39, 0.29) is 6.61 Å². The summed E-state index contributed by atoms with van der Waals surface area (Å²) >= 11 is 0. The molecule has 2 aromatic heterocycles. The molecule has 0 saturated heterocycles. The third kappa shape index (κ3) is 2.13. The summed E-state index contributed by atoms with van der Waals surface area (Å²) in [7, 11) is 0. The lowest BCUT2D eigenvalue weighted by Crippen LogP contribution is -2.02. The van der Waals surface area contributed by atoms with Crippen molar-refractivity contribution in [2.75, 3.05) is 0 Å². The van der Waals surface area contributed by atoms with E-state index in [0.717, 1.165) is 22.5 Å². The summed E-state index contributed by atoms with van der Waals surface area (Å²) in [6.45, 7) is -0.0629. The fourth-order valence-electron chi connectivity index (χ4n) is 2.09. The van der Waals surface area contributed by atoms with Crippen molar-refractivity contribution in [1.82, 2.24) is 14.8 Å². The summed E-state index contributed by atoms with van der Waals surface area (Å²) in [5.41, 5.74) is 3.64. The summed E-state index contributed by atoms with van der Waals surface area (Å²) in [5.74, 6) is 0. The second-order valence-electron chi connectivity index (χ2n) is 4.15. The molecule has 0 aliphatic carbocycles. The van der Waals surface area contributed by atoms with Gasteiger partial charge in [-0.25, -0.2) is 4.68 Å². The van der Waals surface area contributed by atoms with Crippen LogP contribution in [0.5, 0.6) is 0 Å². The first kappa shape index (κ1) is 11.6. The number of aromatic nitrogens is 3. The minimum atomic E-state index is -0.0629. The number of nitrogens with zero attached hydrogens (tertiary/aromatic N) is 3. The van der Waals surface area contributed by atoms with E-state index in [9.17, 15) is 5.11 Å². The maximum Gasteiger partial charge on any atom is 0.0860 e. The molecule has 19 heavy (non-hydrogen) atoms. The Morgan fingerprint density at radius 1 is 1.00 bits per heavy atom. The van der Waals surface area contributed by atoms with E-state index in [2.05, 4.69) is 10.1 Å². The zero-order chi connectivity index (χ0) is 13.1. The minimum Gasteiger partial charge on any atom is -0.390 e. The van der Waals surface area contributed by atoms with Gasteiger partial charge in [-0.1, -0.05) is 18.2 Å². The van der Waals surface area contributed by atoms with E-state index in [1.165, 1.54) is 0 Å². The lowest BCUT2D eigenvalue weighted by Gasteiger charge is -2.07. The molecule has 0 atom stereocenters. The second kappa shape index (κ2) is 5.04. The third-order valence-corrected chi connectivity index (χ3v) is 3.01. The predicted octanol–water partition coefficient (Wildman–Crippen LogP) is 2.43. The molecule has 1 N–H and O–H groups in total. The topological polar surface area (TPSA) is 50.9 Å². The van der Waals surface area contributed by atoms with Crippen LogP contribution in [0.15, 0.2) is 61.1 Å². The molecule has 3 aromatic rings. The first-order chi connectivity index (χ1) is 9.40. The highest BCUT2D eigenvalue weighted by Gasteiger charge is 2.12. The highest BCUT2D eigenvalue weighted by Crippen LogP contribution is 2.25. The lowest BCUT2D eigenvalue weighted by molar-refractivity contribution is 0.273. The van der Waals surface area contributed by atoms with E-state index in [0.29, 0.717) is 0 Å². The van der Waals surface area contributed by atoms with Crippen LogP contribution in [0.1, 0.15) is 5.69 Å². The van der Waals surface area contributed by atoms with Gasteiger partial charge in [0.15, 0.2) is 0 Å². The van der Waals surface area contributed by atoms with Crippen LogP contribution in [-0.2, 0) is 6.61 Å². The summed E-state index contributed by atoms with van der Waals surface area (Å²) < 4.78 is 1.76. The first-order valence-corrected chi connectivity index (χ1v) is 6.03. The molecule has 4 heteroatoms. The number of hydrogen-bond acceptors (Lipinski definition) is 3. The Morgan fingerprint density at radius 2 is 1.74 bits per heavy atom. The molecule has 0 fully saturated rings. The van der Waals surface area contributed by atoms with Crippen molar-refractivity contribution >= 4 is 0 Å². The van der Waals surface area contributed by atoms with Crippen molar-refractivity contribution in [3.8, 4) is 16.8 Å². The summed E-state index contributed by atoms with van der Waals surface area (Å²) in [5, 5.41) is 14.0. The maximum atomic E-state index is 9.63. The van der Waals surface area contributed by atoms with Gasteiger partial charge in [-0.05, 0) is 29.8 Å². The summed E-state index contributed by atoms with van der Waals surface area (Å²) in [6.07, 6.45) is 5.24. The molecular formula is C15H13N3O. The molecule has 0 unspecified atom stereocenters. The highest BCUT2D eigenvalue weighted by molar-refractivity contribution is 5.65. The van der Waals surface area contributed by atoms with Crippen LogP contribution in [0.4, 0.5) is 0 Å². The number of aliphatic hydroxyl groups excluding tert-OH is 1. The smallest absolute Gasteiger partial charge is 0.0860 e. The largest absolute Gasteiger partial charge is 0.390 e. The quantitative estimate of drug-likeness (QED) is 0.777. The van der Waals surface area contributed by atoms with Crippen molar-refractivity contribution < 1.29 is 5.11 Å². The number of aliphatic hydroxyl groups is 1. The normalized spacial score (nSPS) is 10.6. The van der Waals surface area contributed by atoms with Crippen molar-refractivity contribution in [3.05, 3.63) is 66.7 Å². The zero-order valence-electron chi connectivity index (χ0n) is 10.3. The zero-order valence-corrected chi connectivity index (χ0v) is 10.3. The molecule has 94 valence electrons. The van der Waals surface area contributed by atoms with Crippen LogP contribution in [0, 0.1) is 0 Å². The van der Waals surface area contributed by atoms with Gasteiger partial charge in [-0.3, -0.25) is 4.98 Å². The van der Waals surface area contributed by atoms with Gasteiger partial charge in [0.1, 0.15) is 0 Å². The van der Waals surface area contributed by atoms with E-state index < -0.39 is 0 Å². The molecule has 0 saturated carbocycles. The lowest BCUT2D eigenvalue weighted by atomic mass is 10.1. The van der Waals surface area contributed by atoms with Crippen molar-refractivity contribution in [2.24, 2.45) is 0 Å². The van der Waals surface area contributed by atoms with E-state index in [1.807, 2.05) is 42.5 Å². The van der Waals surface area contributed by atoms with Crippen LogP contribution < -0.4 is 0 Å². The molecule has 0 spiro atoms. The maximum absolute atomic E-state index is 9.63. The van der Waals surface area contributed by atoms with Gasteiger partial charge < -0.3 is 5.11 Å². The summed E-state index contributed by atoms with van der Waals surface area (Å²) in [6, 6.07) is 13.6. The van der Waals surface area contributed by atoms with Gasteiger partial charge in [0.05, 0.1) is 24.2 Å². The Morgan fingerprint density at radius 3 is 2.42 bits per heavy atom. The van der Waals surface area contributed by atoms with Gasteiger partial charge in [0, 0.05) is 18.0 Å².